The first kappa shape index (κ1) is 19.8. The van der Waals surface area contributed by atoms with E-state index in [0.29, 0.717) is 29.2 Å². The molecular formula is C19H27N3O4S. The zero-order valence-electron chi connectivity index (χ0n) is 15.9. The van der Waals surface area contributed by atoms with Crippen molar-refractivity contribution in [2.24, 2.45) is 0 Å². The number of benzene rings is 1. The monoisotopic (exact) mass is 393 g/mol. The number of hydrogen-bond acceptors (Lipinski definition) is 6. The summed E-state index contributed by atoms with van der Waals surface area (Å²) < 4.78 is 10.7. The van der Waals surface area contributed by atoms with E-state index in [2.05, 4.69) is 10.6 Å². The van der Waals surface area contributed by atoms with E-state index in [-0.39, 0.29) is 17.9 Å². The van der Waals surface area contributed by atoms with Crippen LogP contribution in [0.2, 0.25) is 0 Å². The summed E-state index contributed by atoms with van der Waals surface area (Å²) in [6.45, 7) is 2.39. The second kappa shape index (κ2) is 9.32. The van der Waals surface area contributed by atoms with Crippen LogP contribution in [0, 0.1) is 0 Å². The summed E-state index contributed by atoms with van der Waals surface area (Å²) in [7, 11) is 3.07. The fourth-order valence-electron chi connectivity index (χ4n) is 3.43. The maximum absolute atomic E-state index is 13.0. The summed E-state index contributed by atoms with van der Waals surface area (Å²) in [5.41, 5.74) is 0.909. The summed E-state index contributed by atoms with van der Waals surface area (Å²) in [6, 6.07) is 3.48. The summed E-state index contributed by atoms with van der Waals surface area (Å²) in [4.78, 5) is 27.4. The smallest absolute Gasteiger partial charge is 0.256 e. The van der Waals surface area contributed by atoms with Crippen molar-refractivity contribution in [3.63, 3.8) is 0 Å². The van der Waals surface area contributed by atoms with Crippen molar-refractivity contribution in [3.05, 3.63) is 17.7 Å². The molecular weight excluding hydrogens is 366 g/mol. The number of rotatable bonds is 6. The molecule has 2 heterocycles. The first-order valence-corrected chi connectivity index (χ1v) is 10.4. The zero-order valence-corrected chi connectivity index (χ0v) is 16.7. The molecule has 0 aliphatic carbocycles. The molecule has 0 radical (unpaired) electrons. The number of anilines is 1. The SMILES string of the molecule is COc1cc(NC(=O)CC2CSCCN2)c(C(=O)N2CCCC2)cc1OC. The van der Waals surface area contributed by atoms with Crippen molar-refractivity contribution in [1.29, 1.82) is 0 Å². The van der Waals surface area contributed by atoms with Crippen molar-refractivity contribution in [2.75, 3.05) is 50.7 Å². The predicted molar refractivity (Wildman–Crippen MR) is 107 cm³/mol. The number of hydrogen-bond donors (Lipinski definition) is 2. The highest BCUT2D eigenvalue weighted by Gasteiger charge is 2.25. The summed E-state index contributed by atoms with van der Waals surface area (Å²) >= 11 is 1.85. The summed E-state index contributed by atoms with van der Waals surface area (Å²) in [5.74, 6) is 2.74. The maximum Gasteiger partial charge on any atom is 0.256 e. The highest BCUT2D eigenvalue weighted by Crippen LogP contribution is 2.34. The number of carbonyl (C=O) groups excluding carboxylic acids is 2. The lowest BCUT2D eigenvalue weighted by Crippen LogP contribution is -2.40. The number of amides is 2. The van der Waals surface area contributed by atoms with Gasteiger partial charge in [-0.15, -0.1) is 0 Å². The number of methoxy groups -OCH3 is 2. The molecule has 1 unspecified atom stereocenters. The van der Waals surface area contributed by atoms with Gasteiger partial charge in [0.05, 0.1) is 25.5 Å². The van der Waals surface area contributed by atoms with Crippen LogP contribution in [-0.2, 0) is 4.79 Å². The predicted octanol–water partition coefficient (Wildman–Crippen LogP) is 1.97. The lowest BCUT2D eigenvalue weighted by molar-refractivity contribution is -0.116. The molecule has 3 rings (SSSR count). The Hall–Kier alpha value is -1.93. The van der Waals surface area contributed by atoms with Crippen LogP contribution in [0.25, 0.3) is 0 Å². The maximum atomic E-state index is 13.0. The van der Waals surface area contributed by atoms with E-state index >= 15 is 0 Å². The third-order valence-corrected chi connectivity index (χ3v) is 5.98. The van der Waals surface area contributed by atoms with Crippen molar-refractivity contribution < 1.29 is 19.1 Å². The molecule has 27 heavy (non-hydrogen) atoms. The van der Waals surface area contributed by atoms with Gasteiger partial charge in [-0.25, -0.2) is 0 Å². The summed E-state index contributed by atoms with van der Waals surface area (Å²) in [5, 5.41) is 6.27. The van der Waals surface area contributed by atoms with Crippen molar-refractivity contribution in [2.45, 2.75) is 25.3 Å². The number of carbonyl (C=O) groups is 2. The van der Waals surface area contributed by atoms with Crippen molar-refractivity contribution >= 4 is 29.3 Å². The molecule has 1 aromatic carbocycles. The first-order chi connectivity index (χ1) is 13.1. The van der Waals surface area contributed by atoms with Gasteiger partial charge in [-0.05, 0) is 18.9 Å². The Morgan fingerprint density at radius 3 is 2.56 bits per heavy atom. The Kier molecular flexibility index (Phi) is 6.84. The zero-order chi connectivity index (χ0) is 19.2. The van der Waals surface area contributed by atoms with Crippen LogP contribution >= 0.6 is 11.8 Å². The van der Waals surface area contributed by atoms with Gasteiger partial charge in [-0.1, -0.05) is 0 Å². The number of thioether (sulfide) groups is 1. The Labute approximate surface area is 164 Å². The van der Waals surface area contributed by atoms with E-state index in [1.54, 1.807) is 12.1 Å². The number of nitrogens with zero attached hydrogens (tertiary/aromatic N) is 1. The number of ether oxygens (including phenoxy) is 2. The van der Waals surface area contributed by atoms with Gasteiger partial charge in [0, 0.05) is 49.7 Å². The molecule has 2 saturated heterocycles. The van der Waals surface area contributed by atoms with Gasteiger partial charge in [0.2, 0.25) is 5.91 Å². The highest BCUT2D eigenvalue weighted by molar-refractivity contribution is 7.99. The standard InChI is InChI=1S/C19H27N3O4S/c1-25-16-10-14(19(24)22-6-3-4-7-22)15(11-17(16)26-2)21-18(23)9-13-12-27-8-5-20-13/h10-11,13,20H,3-9,12H2,1-2H3,(H,21,23). The molecule has 0 spiro atoms. The summed E-state index contributed by atoms with van der Waals surface area (Å²) in [6.07, 6.45) is 2.39. The topological polar surface area (TPSA) is 79.9 Å². The Morgan fingerprint density at radius 1 is 1.22 bits per heavy atom. The molecule has 8 heteroatoms. The van der Waals surface area contributed by atoms with Gasteiger partial charge in [-0.3, -0.25) is 9.59 Å². The Morgan fingerprint density at radius 2 is 1.93 bits per heavy atom. The minimum Gasteiger partial charge on any atom is -0.493 e. The third kappa shape index (κ3) is 4.87. The van der Waals surface area contributed by atoms with Gasteiger partial charge in [-0.2, -0.15) is 11.8 Å². The molecule has 2 aliphatic heterocycles. The van der Waals surface area contributed by atoms with Crippen molar-refractivity contribution in [1.82, 2.24) is 10.2 Å². The first-order valence-electron chi connectivity index (χ1n) is 9.28. The van der Waals surface area contributed by atoms with Crippen LogP contribution in [0.15, 0.2) is 12.1 Å². The number of likely N-dealkylation sites (tertiary alicyclic amines) is 1. The molecule has 2 N–H and O–H groups in total. The van der Waals surface area contributed by atoms with Gasteiger partial charge < -0.3 is 25.0 Å². The normalized spacial score (nSPS) is 19.6. The number of nitrogens with one attached hydrogen (secondary N) is 2. The van der Waals surface area contributed by atoms with Crippen LogP contribution in [0.1, 0.15) is 29.6 Å². The second-order valence-corrected chi connectivity index (χ2v) is 7.88. The third-order valence-electron chi connectivity index (χ3n) is 4.85. The molecule has 7 nitrogen and oxygen atoms in total. The second-order valence-electron chi connectivity index (χ2n) is 6.73. The molecule has 148 valence electrons. The van der Waals surface area contributed by atoms with Gasteiger partial charge in [0.1, 0.15) is 0 Å². The lowest BCUT2D eigenvalue weighted by Gasteiger charge is -2.23. The van der Waals surface area contributed by atoms with E-state index in [1.165, 1.54) is 14.2 Å². The van der Waals surface area contributed by atoms with E-state index in [1.807, 2.05) is 16.7 Å². The van der Waals surface area contributed by atoms with Gasteiger partial charge in [0.15, 0.2) is 11.5 Å². The van der Waals surface area contributed by atoms with E-state index in [4.69, 9.17) is 9.47 Å². The van der Waals surface area contributed by atoms with E-state index < -0.39 is 0 Å². The van der Waals surface area contributed by atoms with Crippen molar-refractivity contribution in [3.8, 4) is 11.5 Å². The Balaban J connectivity index is 1.82. The minimum atomic E-state index is -0.113. The largest absolute Gasteiger partial charge is 0.493 e. The molecule has 2 aliphatic rings. The molecule has 1 aromatic rings. The minimum absolute atomic E-state index is 0.0879. The Bertz CT molecular complexity index is 686. The van der Waals surface area contributed by atoms with Crippen LogP contribution in [-0.4, -0.2) is 68.1 Å². The molecule has 0 saturated carbocycles. The average molecular weight is 394 g/mol. The lowest BCUT2D eigenvalue weighted by atomic mass is 10.1. The van der Waals surface area contributed by atoms with Crippen LogP contribution in [0.3, 0.4) is 0 Å². The highest BCUT2D eigenvalue weighted by atomic mass is 32.2. The molecule has 2 amide bonds. The van der Waals surface area contributed by atoms with Gasteiger partial charge >= 0.3 is 0 Å². The van der Waals surface area contributed by atoms with Crippen LogP contribution in [0.5, 0.6) is 11.5 Å². The van der Waals surface area contributed by atoms with E-state index in [0.717, 1.165) is 44.0 Å². The van der Waals surface area contributed by atoms with E-state index in [9.17, 15) is 9.59 Å². The quantitative estimate of drug-likeness (QED) is 0.769. The fourth-order valence-corrected chi connectivity index (χ4v) is 4.37. The average Bonchev–Trinajstić information content (AvgIpc) is 3.22. The molecule has 0 aromatic heterocycles. The molecule has 1 atom stereocenters. The molecule has 2 fully saturated rings. The van der Waals surface area contributed by atoms with Crippen LogP contribution < -0.4 is 20.1 Å². The molecule has 0 bridgehead atoms. The fraction of sp³-hybridized carbons (Fsp3) is 0.579. The van der Waals surface area contributed by atoms with Gasteiger partial charge in [0.25, 0.3) is 5.91 Å². The van der Waals surface area contributed by atoms with Crippen LogP contribution in [0.4, 0.5) is 5.69 Å².